The van der Waals surface area contributed by atoms with Crippen molar-refractivity contribution in [1.29, 1.82) is 0 Å². The number of hydrogen-bond acceptors (Lipinski definition) is 4. The quantitative estimate of drug-likeness (QED) is 0.146. The van der Waals surface area contributed by atoms with Gasteiger partial charge in [0.2, 0.25) is 10.0 Å². The van der Waals surface area contributed by atoms with Gasteiger partial charge in [0.25, 0.3) is 0 Å². The Morgan fingerprint density at radius 3 is 2.31 bits per heavy atom. The largest absolute Gasteiger partial charge is 0.356 e. The minimum absolute atomic E-state index is 0. The SMILES string of the molecule is CN=C(NCCCSc1ccc(F)cc1)NCc1ccc(S(=O)(=O)NC)cc1.I. The van der Waals surface area contributed by atoms with Crippen molar-refractivity contribution in [2.75, 3.05) is 26.4 Å². The fourth-order valence-electron chi connectivity index (χ4n) is 2.31. The van der Waals surface area contributed by atoms with E-state index in [0.717, 1.165) is 29.2 Å². The maximum absolute atomic E-state index is 12.9. The van der Waals surface area contributed by atoms with E-state index >= 15 is 0 Å². The number of thioether (sulfide) groups is 1. The second-order valence-corrected chi connectivity index (χ2v) is 8.91. The maximum atomic E-state index is 12.9. The molecule has 0 atom stereocenters. The number of aliphatic imine (C=N–C) groups is 1. The molecule has 6 nitrogen and oxygen atoms in total. The highest BCUT2D eigenvalue weighted by molar-refractivity contribution is 14.0. The van der Waals surface area contributed by atoms with Gasteiger partial charge < -0.3 is 10.6 Å². The Kier molecular flexibility index (Phi) is 11.5. The van der Waals surface area contributed by atoms with E-state index in [1.54, 1.807) is 55.2 Å². The number of guanidine groups is 1. The summed E-state index contributed by atoms with van der Waals surface area (Å²) in [5, 5.41) is 6.44. The first kappa shape index (κ1) is 25.7. The van der Waals surface area contributed by atoms with Crippen LogP contribution in [0.4, 0.5) is 4.39 Å². The molecule has 0 saturated heterocycles. The molecule has 0 fully saturated rings. The number of halogens is 2. The summed E-state index contributed by atoms with van der Waals surface area (Å²) >= 11 is 1.68. The molecule has 2 aromatic carbocycles. The molecule has 0 aliphatic heterocycles. The molecule has 0 amide bonds. The highest BCUT2D eigenvalue weighted by Gasteiger charge is 2.10. The van der Waals surface area contributed by atoms with Gasteiger partial charge in [0.15, 0.2) is 5.96 Å². The molecule has 160 valence electrons. The van der Waals surface area contributed by atoms with Crippen molar-refractivity contribution in [3.8, 4) is 0 Å². The molecule has 0 saturated carbocycles. The zero-order chi connectivity index (χ0) is 20.4. The van der Waals surface area contributed by atoms with Gasteiger partial charge in [-0.15, -0.1) is 35.7 Å². The molecular weight excluding hydrogens is 526 g/mol. The van der Waals surface area contributed by atoms with Gasteiger partial charge in [-0.3, -0.25) is 4.99 Å². The van der Waals surface area contributed by atoms with Gasteiger partial charge in [0.1, 0.15) is 5.82 Å². The smallest absolute Gasteiger partial charge is 0.240 e. The van der Waals surface area contributed by atoms with Crippen LogP contribution in [0, 0.1) is 5.82 Å². The van der Waals surface area contributed by atoms with E-state index in [1.165, 1.54) is 19.2 Å². The Bertz CT molecular complexity index is 876. The third-order valence-corrected chi connectivity index (χ3v) is 6.41. The van der Waals surface area contributed by atoms with Gasteiger partial charge in [0.05, 0.1) is 4.90 Å². The molecule has 0 aliphatic carbocycles. The molecule has 10 heteroatoms. The molecule has 29 heavy (non-hydrogen) atoms. The number of nitrogens with zero attached hydrogens (tertiary/aromatic N) is 1. The summed E-state index contributed by atoms with van der Waals surface area (Å²) in [4.78, 5) is 5.46. The predicted molar refractivity (Wildman–Crippen MR) is 128 cm³/mol. The summed E-state index contributed by atoms with van der Waals surface area (Å²) in [5.74, 6) is 1.37. The van der Waals surface area contributed by atoms with Crippen LogP contribution >= 0.6 is 35.7 Å². The van der Waals surface area contributed by atoms with Crippen molar-refractivity contribution in [1.82, 2.24) is 15.4 Å². The van der Waals surface area contributed by atoms with Crippen LogP contribution in [0.5, 0.6) is 0 Å². The highest BCUT2D eigenvalue weighted by atomic mass is 127. The number of rotatable bonds is 9. The molecule has 0 radical (unpaired) electrons. The lowest BCUT2D eigenvalue weighted by atomic mass is 10.2. The van der Waals surface area contributed by atoms with Gasteiger partial charge in [-0.25, -0.2) is 17.5 Å². The Morgan fingerprint density at radius 2 is 1.72 bits per heavy atom. The molecular formula is C19H26FIN4O2S2. The second kappa shape index (κ2) is 13.0. The van der Waals surface area contributed by atoms with Gasteiger partial charge in [-0.05, 0) is 61.2 Å². The number of benzene rings is 2. The van der Waals surface area contributed by atoms with Gasteiger partial charge in [-0.2, -0.15) is 0 Å². The van der Waals surface area contributed by atoms with Crippen molar-refractivity contribution in [3.05, 3.63) is 59.9 Å². The van der Waals surface area contributed by atoms with E-state index < -0.39 is 10.0 Å². The Balaban J connectivity index is 0.00000420. The fraction of sp³-hybridized carbons (Fsp3) is 0.316. The van der Waals surface area contributed by atoms with Crippen LogP contribution in [-0.2, 0) is 16.6 Å². The van der Waals surface area contributed by atoms with Gasteiger partial charge >= 0.3 is 0 Å². The zero-order valence-electron chi connectivity index (χ0n) is 16.3. The first-order valence-electron chi connectivity index (χ1n) is 8.80. The lowest BCUT2D eigenvalue weighted by Gasteiger charge is -2.12. The van der Waals surface area contributed by atoms with E-state index in [1.807, 2.05) is 0 Å². The standard InChI is InChI=1S/C19H25FN4O2S2.HI/c1-21-19(23-12-3-13-27-17-8-6-16(20)7-9-17)24-14-15-4-10-18(11-5-15)28(25,26)22-2;/h4-11,22H,3,12-14H2,1-2H3,(H2,21,23,24);1H. The fourth-order valence-corrected chi connectivity index (χ4v) is 3.89. The van der Waals surface area contributed by atoms with Crippen LogP contribution in [0.15, 0.2) is 63.3 Å². The van der Waals surface area contributed by atoms with E-state index in [-0.39, 0.29) is 34.7 Å². The van der Waals surface area contributed by atoms with Crippen LogP contribution in [-0.4, -0.2) is 40.8 Å². The first-order chi connectivity index (χ1) is 13.4. The third-order valence-electron chi connectivity index (χ3n) is 3.88. The lowest BCUT2D eigenvalue weighted by Crippen LogP contribution is -2.37. The van der Waals surface area contributed by atoms with Crippen molar-refractivity contribution in [2.24, 2.45) is 4.99 Å². The molecule has 0 heterocycles. The van der Waals surface area contributed by atoms with Crippen LogP contribution in [0.1, 0.15) is 12.0 Å². The summed E-state index contributed by atoms with van der Waals surface area (Å²) in [6.45, 7) is 1.29. The predicted octanol–water partition coefficient (Wildman–Crippen LogP) is 3.20. The molecule has 0 spiro atoms. The second-order valence-electron chi connectivity index (χ2n) is 5.86. The van der Waals surface area contributed by atoms with Crippen molar-refractivity contribution in [3.63, 3.8) is 0 Å². The summed E-state index contributed by atoms with van der Waals surface area (Å²) in [5.41, 5.74) is 0.949. The van der Waals surface area contributed by atoms with Crippen molar-refractivity contribution >= 4 is 51.7 Å². The Labute approximate surface area is 193 Å². The van der Waals surface area contributed by atoms with Gasteiger partial charge in [-0.1, -0.05) is 12.1 Å². The summed E-state index contributed by atoms with van der Waals surface area (Å²) in [6, 6.07) is 13.2. The van der Waals surface area contributed by atoms with Crippen molar-refractivity contribution < 1.29 is 12.8 Å². The van der Waals surface area contributed by atoms with E-state index in [9.17, 15) is 12.8 Å². The number of nitrogens with one attached hydrogen (secondary N) is 3. The Morgan fingerprint density at radius 1 is 1.07 bits per heavy atom. The molecule has 0 bridgehead atoms. The van der Waals surface area contributed by atoms with Crippen LogP contribution in [0.2, 0.25) is 0 Å². The topological polar surface area (TPSA) is 82.6 Å². The highest BCUT2D eigenvalue weighted by Crippen LogP contribution is 2.18. The third kappa shape index (κ3) is 8.89. The van der Waals surface area contributed by atoms with Gasteiger partial charge in [0, 0.05) is 25.0 Å². The van der Waals surface area contributed by atoms with E-state index in [2.05, 4.69) is 20.3 Å². The molecule has 0 unspecified atom stereocenters. The zero-order valence-corrected chi connectivity index (χ0v) is 20.3. The first-order valence-corrected chi connectivity index (χ1v) is 11.3. The lowest BCUT2D eigenvalue weighted by molar-refractivity contribution is 0.588. The average molecular weight is 552 g/mol. The summed E-state index contributed by atoms with van der Waals surface area (Å²) in [6.07, 6.45) is 0.930. The van der Waals surface area contributed by atoms with E-state index in [4.69, 9.17) is 0 Å². The van der Waals surface area contributed by atoms with Crippen LogP contribution in [0.3, 0.4) is 0 Å². The Hall–Kier alpha value is -1.37. The maximum Gasteiger partial charge on any atom is 0.240 e. The molecule has 2 aromatic rings. The van der Waals surface area contributed by atoms with Crippen LogP contribution in [0.25, 0.3) is 0 Å². The molecule has 3 N–H and O–H groups in total. The van der Waals surface area contributed by atoms with Crippen molar-refractivity contribution in [2.45, 2.75) is 22.8 Å². The van der Waals surface area contributed by atoms with E-state index in [0.29, 0.717) is 12.5 Å². The molecule has 2 rings (SSSR count). The average Bonchev–Trinajstić information content (AvgIpc) is 2.71. The molecule has 0 aliphatic rings. The minimum atomic E-state index is -3.42. The number of hydrogen-bond donors (Lipinski definition) is 3. The number of sulfonamides is 1. The minimum Gasteiger partial charge on any atom is -0.356 e. The summed E-state index contributed by atoms with van der Waals surface area (Å²) < 4.78 is 38.6. The summed E-state index contributed by atoms with van der Waals surface area (Å²) in [7, 11) is -0.331. The molecule has 0 aromatic heterocycles. The monoisotopic (exact) mass is 552 g/mol. The normalized spacial score (nSPS) is 11.6. The van der Waals surface area contributed by atoms with Crippen LogP contribution < -0.4 is 15.4 Å².